The van der Waals surface area contributed by atoms with E-state index in [4.69, 9.17) is 16.3 Å². The van der Waals surface area contributed by atoms with Gasteiger partial charge in [0.1, 0.15) is 5.75 Å². The lowest BCUT2D eigenvalue weighted by atomic mass is 9.78. The minimum atomic E-state index is -0.742. The molecule has 0 unspecified atom stereocenters. The molecule has 0 heterocycles. The summed E-state index contributed by atoms with van der Waals surface area (Å²) in [5.74, 6) is -1.59. The van der Waals surface area contributed by atoms with E-state index in [-0.39, 0.29) is 24.5 Å². The number of Topliss-reactive ketones (excluding diaryl/α,β-unsaturated/α-hetero) is 2. The predicted octanol–water partition coefficient (Wildman–Crippen LogP) is 5.58. The maximum atomic E-state index is 13.7. The van der Waals surface area contributed by atoms with Crippen molar-refractivity contribution in [3.05, 3.63) is 110 Å². The number of nitro groups is 1. The third-order valence-electron chi connectivity index (χ3n) is 6.24. The lowest BCUT2D eigenvalue weighted by Gasteiger charge is -2.22. The average Bonchev–Trinajstić information content (AvgIpc) is 3.11. The Bertz CT molecular complexity index is 1210. The third-order valence-corrected chi connectivity index (χ3v) is 6.47. The number of nitrogens with zero attached hydrogens (tertiary/aromatic N) is 1. The Balaban J connectivity index is 1.74. The van der Waals surface area contributed by atoms with Crippen molar-refractivity contribution in [1.29, 1.82) is 0 Å². The molecule has 4 rings (SSSR count). The van der Waals surface area contributed by atoms with E-state index in [1.165, 1.54) is 0 Å². The van der Waals surface area contributed by atoms with E-state index >= 15 is 0 Å². The zero-order valence-corrected chi connectivity index (χ0v) is 18.7. The minimum Gasteiger partial charge on any atom is -0.497 e. The van der Waals surface area contributed by atoms with E-state index in [1.54, 1.807) is 61.7 Å². The summed E-state index contributed by atoms with van der Waals surface area (Å²) in [5, 5.41) is 11.9. The number of ketones is 2. The number of carbonyl (C=O) groups excluding carboxylic acids is 2. The number of rotatable bonds is 8. The van der Waals surface area contributed by atoms with Crippen LogP contribution in [-0.2, 0) is 0 Å². The molecule has 1 aliphatic carbocycles. The number of methoxy groups -OCH3 is 1. The quantitative estimate of drug-likeness (QED) is 0.247. The zero-order valence-electron chi connectivity index (χ0n) is 17.9. The van der Waals surface area contributed by atoms with Crippen molar-refractivity contribution in [2.45, 2.75) is 18.3 Å². The third kappa shape index (κ3) is 4.66. The Kier molecular flexibility index (Phi) is 6.56. The Morgan fingerprint density at radius 2 is 1.61 bits per heavy atom. The van der Waals surface area contributed by atoms with Gasteiger partial charge in [0, 0.05) is 39.3 Å². The second-order valence-electron chi connectivity index (χ2n) is 8.11. The largest absolute Gasteiger partial charge is 0.497 e. The molecule has 3 aromatic rings. The smallest absolute Gasteiger partial charge is 0.211 e. The van der Waals surface area contributed by atoms with Crippen LogP contribution in [0, 0.1) is 16.0 Å². The molecule has 168 valence electrons. The molecule has 0 aromatic heterocycles. The minimum absolute atomic E-state index is 0.0640. The Labute approximate surface area is 196 Å². The van der Waals surface area contributed by atoms with E-state index < -0.39 is 22.7 Å². The van der Waals surface area contributed by atoms with E-state index in [9.17, 15) is 19.7 Å². The fraction of sp³-hybridized carbons (Fsp3) is 0.231. The molecule has 0 fully saturated rings. The van der Waals surface area contributed by atoms with Crippen LogP contribution in [0.2, 0.25) is 5.02 Å². The normalized spacial score (nSPS) is 19.0. The molecule has 6 nitrogen and oxygen atoms in total. The lowest BCUT2D eigenvalue weighted by Crippen LogP contribution is -2.28. The van der Waals surface area contributed by atoms with Gasteiger partial charge in [-0.3, -0.25) is 19.7 Å². The Morgan fingerprint density at radius 1 is 0.939 bits per heavy atom. The Hall–Kier alpha value is -3.51. The van der Waals surface area contributed by atoms with Crippen molar-refractivity contribution in [1.82, 2.24) is 0 Å². The highest BCUT2D eigenvalue weighted by Crippen LogP contribution is 2.50. The van der Waals surface area contributed by atoms with Crippen LogP contribution < -0.4 is 4.74 Å². The maximum Gasteiger partial charge on any atom is 0.211 e. The average molecular weight is 464 g/mol. The molecule has 0 radical (unpaired) electrons. The van der Waals surface area contributed by atoms with Gasteiger partial charge in [-0.05, 0) is 47.5 Å². The first-order valence-corrected chi connectivity index (χ1v) is 10.9. The van der Waals surface area contributed by atoms with E-state index in [1.807, 2.05) is 18.2 Å². The molecule has 0 bridgehead atoms. The maximum absolute atomic E-state index is 13.7. The van der Waals surface area contributed by atoms with Gasteiger partial charge in [-0.2, -0.15) is 0 Å². The predicted molar refractivity (Wildman–Crippen MR) is 125 cm³/mol. The second kappa shape index (κ2) is 9.55. The van der Waals surface area contributed by atoms with Gasteiger partial charge in [0.25, 0.3) is 0 Å². The summed E-state index contributed by atoms with van der Waals surface area (Å²) in [6.45, 7) is -0.388. The fourth-order valence-electron chi connectivity index (χ4n) is 4.76. The topological polar surface area (TPSA) is 86.5 Å². The van der Waals surface area contributed by atoms with E-state index in [0.717, 1.165) is 11.1 Å². The van der Waals surface area contributed by atoms with Gasteiger partial charge >= 0.3 is 0 Å². The van der Waals surface area contributed by atoms with Crippen molar-refractivity contribution in [2.24, 2.45) is 5.92 Å². The second-order valence-corrected chi connectivity index (χ2v) is 8.55. The van der Waals surface area contributed by atoms with Crippen LogP contribution in [0.4, 0.5) is 0 Å². The summed E-state index contributed by atoms with van der Waals surface area (Å²) in [5.41, 5.74) is 2.45. The summed E-state index contributed by atoms with van der Waals surface area (Å²) in [7, 11) is 1.55. The summed E-state index contributed by atoms with van der Waals surface area (Å²) in [4.78, 5) is 38.0. The van der Waals surface area contributed by atoms with Gasteiger partial charge in [0.15, 0.2) is 11.6 Å². The van der Waals surface area contributed by atoms with Crippen molar-refractivity contribution in [3.8, 4) is 5.75 Å². The first-order valence-electron chi connectivity index (χ1n) is 10.6. The summed E-state index contributed by atoms with van der Waals surface area (Å²) in [6, 6.07) is 20.7. The SMILES string of the molecule is COc1ccc(C(=O)C[C@H]2c3ccccc3[C@@H](C[N+](=O)[O-])[C@@H]2C(=O)c2cccc(Cl)c2)cc1. The molecule has 0 saturated heterocycles. The first-order chi connectivity index (χ1) is 15.9. The number of ether oxygens (including phenoxy) is 1. The first kappa shape index (κ1) is 22.7. The van der Waals surface area contributed by atoms with Gasteiger partial charge in [-0.1, -0.05) is 48.0 Å². The van der Waals surface area contributed by atoms with Crippen molar-refractivity contribution < 1.29 is 19.2 Å². The van der Waals surface area contributed by atoms with E-state index in [2.05, 4.69) is 0 Å². The molecule has 7 heteroatoms. The number of hydrogen-bond acceptors (Lipinski definition) is 5. The summed E-state index contributed by atoms with van der Waals surface area (Å²) in [6.07, 6.45) is 0.0640. The van der Waals surface area contributed by atoms with Crippen molar-refractivity contribution in [2.75, 3.05) is 13.7 Å². The Morgan fingerprint density at radius 3 is 2.21 bits per heavy atom. The summed E-state index contributed by atoms with van der Waals surface area (Å²) >= 11 is 6.11. The van der Waals surface area contributed by atoms with Gasteiger partial charge in [0.05, 0.1) is 13.0 Å². The van der Waals surface area contributed by atoms with Gasteiger partial charge in [-0.15, -0.1) is 0 Å². The van der Waals surface area contributed by atoms with Crippen molar-refractivity contribution in [3.63, 3.8) is 0 Å². The van der Waals surface area contributed by atoms with Crippen LogP contribution in [0.5, 0.6) is 5.75 Å². The van der Waals surface area contributed by atoms with Crippen LogP contribution in [-0.4, -0.2) is 30.1 Å². The molecular weight excluding hydrogens is 442 g/mol. The highest BCUT2D eigenvalue weighted by atomic mass is 35.5. The molecule has 0 aliphatic heterocycles. The molecule has 3 aromatic carbocycles. The summed E-state index contributed by atoms with van der Waals surface area (Å²) < 4.78 is 5.16. The van der Waals surface area contributed by atoms with Gasteiger partial charge < -0.3 is 4.74 Å². The molecule has 3 atom stereocenters. The number of carbonyl (C=O) groups is 2. The highest BCUT2D eigenvalue weighted by Gasteiger charge is 2.47. The zero-order chi connectivity index (χ0) is 23.5. The molecule has 0 amide bonds. The van der Waals surface area contributed by atoms with Crippen LogP contribution in [0.25, 0.3) is 0 Å². The number of benzene rings is 3. The highest BCUT2D eigenvalue weighted by molar-refractivity contribution is 6.31. The van der Waals surface area contributed by atoms with Crippen LogP contribution in [0.15, 0.2) is 72.8 Å². The molecule has 0 spiro atoms. The van der Waals surface area contributed by atoms with Gasteiger partial charge in [-0.25, -0.2) is 0 Å². The van der Waals surface area contributed by atoms with Crippen LogP contribution in [0.3, 0.4) is 0 Å². The number of hydrogen-bond donors (Lipinski definition) is 0. The monoisotopic (exact) mass is 463 g/mol. The van der Waals surface area contributed by atoms with Crippen LogP contribution in [0.1, 0.15) is 50.1 Å². The van der Waals surface area contributed by atoms with Crippen molar-refractivity contribution >= 4 is 23.2 Å². The lowest BCUT2D eigenvalue weighted by molar-refractivity contribution is -0.484. The van der Waals surface area contributed by atoms with Gasteiger partial charge in [0.2, 0.25) is 6.54 Å². The number of fused-ring (bicyclic) bond motifs is 1. The molecule has 0 N–H and O–H groups in total. The molecule has 1 aliphatic rings. The molecular formula is C26H22ClNO5. The van der Waals surface area contributed by atoms with Crippen LogP contribution >= 0.6 is 11.6 Å². The standard InChI is InChI=1S/C26H22ClNO5/c1-33-19-11-9-16(10-12-19)24(29)14-22-20-7-2-3-8-21(20)23(15-28(31)32)25(22)26(30)17-5-4-6-18(27)13-17/h2-13,22-23,25H,14-15H2,1H3/t22-,23+,25+/m0/s1. The fourth-order valence-corrected chi connectivity index (χ4v) is 4.95. The molecule has 33 heavy (non-hydrogen) atoms. The van der Waals surface area contributed by atoms with E-state index in [0.29, 0.717) is 21.9 Å². The molecule has 0 saturated carbocycles. The number of halogens is 1.